The van der Waals surface area contributed by atoms with Crippen molar-refractivity contribution >= 4 is 23.9 Å². The molecule has 8 heteroatoms. The highest BCUT2D eigenvalue weighted by Crippen LogP contribution is 2.27. The summed E-state index contributed by atoms with van der Waals surface area (Å²) >= 11 is 1.27. The first kappa shape index (κ1) is 20.9. The van der Waals surface area contributed by atoms with Gasteiger partial charge in [-0.2, -0.15) is 0 Å². The molecule has 6 nitrogen and oxygen atoms in total. The fourth-order valence-corrected chi connectivity index (χ4v) is 4.38. The number of nitrogens with one attached hydrogen (secondary N) is 1. The molecular weight excluding hydrogens is 417 g/mol. The van der Waals surface area contributed by atoms with Crippen molar-refractivity contribution in [2.75, 3.05) is 0 Å². The molecule has 1 aliphatic heterocycles. The van der Waals surface area contributed by atoms with E-state index in [2.05, 4.69) is 5.32 Å². The molecule has 0 atom stereocenters. The van der Waals surface area contributed by atoms with Gasteiger partial charge < -0.3 is 5.32 Å². The molecule has 0 aliphatic carbocycles. The predicted octanol–water partition coefficient (Wildman–Crippen LogP) is 2.87. The Hall–Kier alpha value is -3.39. The molecule has 0 bridgehead atoms. The van der Waals surface area contributed by atoms with Gasteiger partial charge in [-0.1, -0.05) is 42.5 Å². The lowest BCUT2D eigenvalue weighted by molar-refractivity contribution is -0.116. The fourth-order valence-electron chi connectivity index (χ4n) is 3.35. The van der Waals surface area contributed by atoms with Gasteiger partial charge in [0.2, 0.25) is 0 Å². The molecular formula is C23H20FN3O3S. The van der Waals surface area contributed by atoms with E-state index < -0.39 is 5.69 Å². The van der Waals surface area contributed by atoms with Crippen LogP contribution in [0.4, 0.5) is 4.39 Å². The molecule has 0 radical (unpaired) electrons. The number of thioether (sulfide) groups is 1. The lowest BCUT2D eigenvalue weighted by Crippen LogP contribution is -2.42. The van der Waals surface area contributed by atoms with Crippen molar-refractivity contribution in [1.29, 1.82) is 0 Å². The Balaban J connectivity index is 1.62. The first-order valence-electron chi connectivity index (χ1n) is 9.70. The van der Waals surface area contributed by atoms with Crippen LogP contribution in [0, 0.1) is 12.7 Å². The second-order valence-corrected chi connectivity index (χ2v) is 8.21. The molecule has 1 aliphatic rings. The molecule has 0 unspecified atom stereocenters. The summed E-state index contributed by atoms with van der Waals surface area (Å²) in [6.45, 7) is 2.10. The summed E-state index contributed by atoms with van der Waals surface area (Å²) in [5.74, 6) is -0.322. The van der Waals surface area contributed by atoms with Gasteiger partial charge in [0.25, 0.3) is 11.5 Å². The topological polar surface area (TPSA) is 73.1 Å². The van der Waals surface area contributed by atoms with Gasteiger partial charge in [-0.25, -0.2) is 9.18 Å². The van der Waals surface area contributed by atoms with Crippen LogP contribution < -0.4 is 16.6 Å². The minimum Gasteiger partial charge on any atom is -0.347 e. The number of rotatable bonds is 5. The maximum absolute atomic E-state index is 13.1. The van der Waals surface area contributed by atoms with Gasteiger partial charge in [-0.3, -0.25) is 18.7 Å². The Morgan fingerprint density at radius 3 is 2.48 bits per heavy atom. The van der Waals surface area contributed by atoms with Crippen LogP contribution in [0.3, 0.4) is 0 Å². The van der Waals surface area contributed by atoms with Crippen molar-refractivity contribution in [2.24, 2.45) is 0 Å². The Labute approximate surface area is 182 Å². The molecule has 1 amide bonds. The van der Waals surface area contributed by atoms with Gasteiger partial charge in [0.15, 0.2) is 0 Å². The van der Waals surface area contributed by atoms with E-state index in [9.17, 15) is 18.8 Å². The Morgan fingerprint density at radius 1 is 1.06 bits per heavy atom. The minimum absolute atomic E-state index is 0.159. The normalized spacial score (nSPS) is 12.8. The number of nitrogens with zero attached hydrogens (tertiary/aromatic N) is 2. The molecule has 31 heavy (non-hydrogen) atoms. The molecule has 2 heterocycles. The molecule has 1 aromatic heterocycles. The number of fused-ring (bicyclic) bond motifs is 1. The lowest BCUT2D eigenvalue weighted by atomic mass is 10.2. The second-order valence-electron chi connectivity index (χ2n) is 7.19. The van der Waals surface area contributed by atoms with Gasteiger partial charge >= 0.3 is 5.69 Å². The Kier molecular flexibility index (Phi) is 5.90. The summed E-state index contributed by atoms with van der Waals surface area (Å²) < 4.78 is 15.6. The molecule has 158 valence electrons. The minimum atomic E-state index is -0.474. The molecule has 4 rings (SSSR count). The fraction of sp³-hybridized carbons (Fsp3) is 0.174. The second kappa shape index (κ2) is 8.77. The van der Waals surface area contributed by atoms with Gasteiger partial charge in [0.05, 0.1) is 11.4 Å². The summed E-state index contributed by atoms with van der Waals surface area (Å²) in [4.78, 5) is 38.9. The summed E-state index contributed by atoms with van der Waals surface area (Å²) in [5.41, 5.74) is 1.90. The van der Waals surface area contributed by atoms with E-state index in [-0.39, 0.29) is 30.4 Å². The first-order valence-corrected chi connectivity index (χ1v) is 10.7. The monoisotopic (exact) mass is 437 g/mol. The highest BCUT2D eigenvalue weighted by molar-refractivity contribution is 8.03. The highest BCUT2D eigenvalue weighted by Gasteiger charge is 2.22. The standard InChI is InChI=1S/C23H20FN3O3S/c1-15-19-14-31-20(21(28)25-11-16-7-9-18(24)10-8-16)13-26(19)23(30)27(22(15)29)12-17-5-3-2-4-6-17/h2-10,13H,11-12,14H2,1H3,(H,25,28). The van der Waals surface area contributed by atoms with Crippen molar-refractivity contribution in [3.05, 3.63) is 109 Å². The number of benzene rings is 2. The first-order chi connectivity index (χ1) is 14.9. The number of halogens is 1. The van der Waals surface area contributed by atoms with Crippen LogP contribution in [-0.2, 0) is 23.6 Å². The van der Waals surface area contributed by atoms with E-state index in [1.54, 1.807) is 19.1 Å². The zero-order chi connectivity index (χ0) is 22.0. The number of amides is 1. The number of hydrogen-bond acceptors (Lipinski definition) is 4. The molecule has 0 spiro atoms. The van der Waals surface area contributed by atoms with Crippen molar-refractivity contribution < 1.29 is 9.18 Å². The van der Waals surface area contributed by atoms with Crippen molar-refractivity contribution in [1.82, 2.24) is 14.5 Å². The van der Waals surface area contributed by atoms with E-state index in [0.29, 0.717) is 21.9 Å². The number of hydrogen-bond donors (Lipinski definition) is 1. The summed E-state index contributed by atoms with van der Waals surface area (Å²) in [6, 6.07) is 15.1. The smallest absolute Gasteiger partial charge is 0.335 e. The third-order valence-corrected chi connectivity index (χ3v) is 6.13. The molecule has 1 N–H and O–H groups in total. The summed E-state index contributed by atoms with van der Waals surface area (Å²) in [7, 11) is 0. The zero-order valence-electron chi connectivity index (χ0n) is 16.8. The lowest BCUT2D eigenvalue weighted by Gasteiger charge is -2.20. The van der Waals surface area contributed by atoms with E-state index in [4.69, 9.17) is 0 Å². The van der Waals surface area contributed by atoms with Crippen LogP contribution in [0.25, 0.3) is 6.20 Å². The number of aromatic nitrogens is 2. The van der Waals surface area contributed by atoms with Gasteiger partial charge in [0, 0.05) is 29.8 Å². The van der Waals surface area contributed by atoms with Crippen LogP contribution in [0.15, 0.2) is 69.1 Å². The molecule has 2 aromatic carbocycles. The van der Waals surface area contributed by atoms with Crippen LogP contribution >= 0.6 is 11.8 Å². The van der Waals surface area contributed by atoms with E-state index in [0.717, 1.165) is 11.1 Å². The summed E-state index contributed by atoms with van der Waals surface area (Å²) in [5, 5.41) is 2.78. The van der Waals surface area contributed by atoms with E-state index in [1.165, 1.54) is 39.2 Å². The van der Waals surface area contributed by atoms with Gasteiger partial charge in [0.1, 0.15) is 5.82 Å². The predicted molar refractivity (Wildman–Crippen MR) is 119 cm³/mol. The number of carbonyl (C=O) groups is 1. The summed E-state index contributed by atoms with van der Waals surface area (Å²) in [6.07, 6.45) is 1.49. The zero-order valence-corrected chi connectivity index (χ0v) is 17.6. The van der Waals surface area contributed by atoms with Crippen LogP contribution in [0.2, 0.25) is 0 Å². The quantitative estimate of drug-likeness (QED) is 0.666. The third kappa shape index (κ3) is 4.39. The Bertz CT molecular complexity index is 1280. The van der Waals surface area contributed by atoms with Crippen LogP contribution in [0.5, 0.6) is 0 Å². The van der Waals surface area contributed by atoms with Gasteiger partial charge in [-0.05, 0) is 30.2 Å². The molecule has 0 fully saturated rings. The van der Waals surface area contributed by atoms with E-state index >= 15 is 0 Å². The molecule has 3 aromatic rings. The maximum atomic E-state index is 13.1. The Morgan fingerprint density at radius 2 is 1.77 bits per heavy atom. The SMILES string of the molecule is Cc1c2n(c(=O)n(Cc3ccccc3)c1=O)C=C(C(=O)NCc1ccc(F)cc1)SC2. The highest BCUT2D eigenvalue weighted by atomic mass is 32.2. The van der Waals surface area contributed by atoms with Crippen LogP contribution in [0.1, 0.15) is 22.4 Å². The third-order valence-electron chi connectivity index (χ3n) is 5.11. The average Bonchev–Trinajstić information content (AvgIpc) is 2.80. The van der Waals surface area contributed by atoms with Crippen molar-refractivity contribution in [3.63, 3.8) is 0 Å². The van der Waals surface area contributed by atoms with E-state index in [1.807, 2.05) is 30.3 Å². The van der Waals surface area contributed by atoms with Gasteiger partial charge in [-0.15, -0.1) is 11.8 Å². The number of carbonyl (C=O) groups excluding carboxylic acids is 1. The largest absolute Gasteiger partial charge is 0.347 e. The average molecular weight is 437 g/mol. The molecule has 0 saturated carbocycles. The molecule has 0 saturated heterocycles. The van der Waals surface area contributed by atoms with Crippen molar-refractivity contribution in [2.45, 2.75) is 25.8 Å². The maximum Gasteiger partial charge on any atom is 0.335 e. The van der Waals surface area contributed by atoms with Crippen molar-refractivity contribution in [3.8, 4) is 0 Å². The van der Waals surface area contributed by atoms with Crippen LogP contribution in [-0.4, -0.2) is 15.0 Å².